The molecule has 18 heavy (non-hydrogen) atoms. The van der Waals surface area contributed by atoms with Crippen LogP contribution in [0.4, 0.5) is 0 Å². The van der Waals surface area contributed by atoms with Crippen molar-refractivity contribution in [3.8, 4) is 5.75 Å². The van der Waals surface area contributed by atoms with E-state index < -0.39 is 0 Å². The Balaban J connectivity index is 1.77. The minimum absolute atomic E-state index is 0.167. The topological polar surface area (TPSA) is 39.7 Å². The average Bonchev–Trinajstić information content (AvgIpc) is 2.40. The molecule has 0 bridgehead atoms. The molecule has 4 nitrogen and oxygen atoms in total. The van der Waals surface area contributed by atoms with Gasteiger partial charge < -0.3 is 19.5 Å². The Morgan fingerprint density at radius 3 is 3.00 bits per heavy atom. The van der Waals surface area contributed by atoms with Gasteiger partial charge in [-0.3, -0.25) is 0 Å². The van der Waals surface area contributed by atoms with Crippen LogP contribution in [-0.4, -0.2) is 39.6 Å². The van der Waals surface area contributed by atoms with Gasteiger partial charge in [0.15, 0.2) is 0 Å². The van der Waals surface area contributed by atoms with Gasteiger partial charge in [0.2, 0.25) is 0 Å². The van der Waals surface area contributed by atoms with Crippen LogP contribution in [0, 0.1) is 0 Å². The number of rotatable bonds is 5. The molecule has 0 amide bonds. The molecule has 0 aromatic heterocycles. The van der Waals surface area contributed by atoms with Gasteiger partial charge in [0.05, 0.1) is 37.5 Å². The normalized spacial score (nSPS) is 19.8. The van der Waals surface area contributed by atoms with Gasteiger partial charge in [-0.15, -0.1) is 0 Å². The van der Waals surface area contributed by atoms with E-state index in [-0.39, 0.29) is 6.10 Å². The molecule has 100 valence electrons. The van der Waals surface area contributed by atoms with Crippen molar-refractivity contribution in [3.05, 3.63) is 28.2 Å². The molecule has 1 aromatic rings. The van der Waals surface area contributed by atoms with Crippen LogP contribution in [0.2, 0.25) is 0 Å². The van der Waals surface area contributed by atoms with Crippen LogP contribution >= 0.6 is 15.9 Å². The first-order valence-corrected chi connectivity index (χ1v) is 6.81. The number of benzene rings is 1. The minimum Gasteiger partial charge on any atom is -0.496 e. The van der Waals surface area contributed by atoms with E-state index >= 15 is 0 Å². The van der Waals surface area contributed by atoms with Gasteiger partial charge in [0, 0.05) is 13.1 Å². The molecule has 1 fully saturated rings. The molecule has 2 rings (SSSR count). The largest absolute Gasteiger partial charge is 0.496 e. The Morgan fingerprint density at radius 2 is 2.33 bits per heavy atom. The Kier molecular flexibility index (Phi) is 5.44. The lowest BCUT2D eigenvalue weighted by atomic mass is 10.2. The number of hydrogen-bond donors (Lipinski definition) is 1. The summed E-state index contributed by atoms with van der Waals surface area (Å²) in [6, 6.07) is 6.07. The highest BCUT2D eigenvalue weighted by Gasteiger charge is 2.13. The van der Waals surface area contributed by atoms with Gasteiger partial charge in [0.1, 0.15) is 5.75 Å². The zero-order valence-corrected chi connectivity index (χ0v) is 12.0. The van der Waals surface area contributed by atoms with Crippen molar-refractivity contribution in [1.29, 1.82) is 0 Å². The Morgan fingerprint density at radius 1 is 1.44 bits per heavy atom. The second kappa shape index (κ2) is 7.09. The standard InChI is InChI=1S/C13H18BrNO3/c1-16-13-3-2-10(6-12(13)14)7-15-8-11-9-17-4-5-18-11/h2-3,6,11,15H,4-5,7-9H2,1H3. The van der Waals surface area contributed by atoms with Gasteiger partial charge >= 0.3 is 0 Å². The predicted octanol–water partition coefficient (Wildman–Crippen LogP) is 1.96. The molecule has 0 saturated carbocycles. The maximum Gasteiger partial charge on any atom is 0.133 e. The van der Waals surface area contributed by atoms with E-state index in [4.69, 9.17) is 14.2 Å². The first kappa shape index (κ1) is 13.8. The van der Waals surface area contributed by atoms with Crippen molar-refractivity contribution >= 4 is 15.9 Å². The van der Waals surface area contributed by atoms with E-state index in [0.717, 1.165) is 23.3 Å². The third-order valence-electron chi connectivity index (χ3n) is 2.80. The Bertz CT molecular complexity index is 380. The molecule has 1 aliphatic heterocycles. The predicted molar refractivity (Wildman–Crippen MR) is 73.0 cm³/mol. The minimum atomic E-state index is 0.167. The average molecular weight is 316 g/mol. The van der Waals surface area contributed by atoms with E-state index in [9.17, 15) is 0 Å². The molecular weight excluding hydrogens is 298 g/mol. The van der Waals surface area contributed by atoms with Gasteiger partial charge in [-0.2, -0.15) is 0 Å². The number of nitrogens with one attached hydrogen (secondary N) is 1. The Labute approximate surface area is 116 Å². The van der Waals surface area contributed by atoms with Crippen LogP contribution in [0.5, 0.6) is 5.75 Å². The third-order valence-corrected chi connectivity index (χ3v) is 3.42. The number of ether oxygens (including phenoxy) is 3. The summed E-state index contributed by atoms with van der Waals surface area (Å²) in [5, 5.41) is 3.37. The zero-order valence-electron chi connectivity index (χ0n) is 10.4. The van der Waals surface area contributed by atoms with Gasteiger partial charge in [-0.05, 0) is 33.6 Å². The van der Waals surface area contributed by atoms with Crippen LogP contribution in [-0.2, 0) is 16.0 Å². The van der Waals surface area contributed by atoms with Gasteiger partial charge in [-0.1, -0.05) is 6.07 Å². The van der Waals surface area contributed by atoms with Crippen molar-refractivity contribution in [2.45, 2.75) is 12.6 Å². The lowest BCUT2D eigenvalue weighted by Gasteiger charge is -2.23. The van der Waals surface area contributed by atoms with Gasteiger partial charge in [-0.25, -0.2) is 0 Å². The molecule has 1 aromatic carbocycles. The molecule has 1 unspecified atom stereocenters. The van der Waals surface area contributed by atoms with Crippen molar-refractivity contribution in [1.82, 2.24) is 5.32 Å². The fourth-order valence-corrected chi connectivity index (χ4v) is 2.44. The van der Waals surface area contributed by atoms with Crippen molar-refractivity contribution in [2.24, 2.45) is 0 Å². The van der Waals surface area contributed by atoms with E-state index in [1.54, 1.807) is 7.11 Å². The van der Waals surface area contributed by atoms with Crippen molar-refractivity contribution in [2.75, 3.05) is 33.5 Å². The lowest BCUT2D eigenvalue weighted by Crippen LogP contribution is -2.37. The smallest absolute Gasteiger partial charge is 0.133 e. The molecule has 0 aliphatic carbocycles. The quantitative estimate of drug-likeness (QED) is 0.901. The summed E-state index contributed by atoms with van der Waals surface area (Å²) in [5.41, 5.74) is 1.21. The Hall–Kier alpha value is -0.620. The highest BCUT2D eigenvalue weighted by atomic mass is 79.9. The highest BCUT2D eigenvalue weighted by molar-refractivity contribution is 9.10. The number of methoxy groups -OCH3 is 1. The molecule has 0 spiro atoms. The van der Waals surface area contributed by atoms with Crippen molar-refractivity contribution < 1.29 is 14.2 Å². The molecule has 0 radical (unpaired) electrons. The van der Waals surface area contributed by atoms with Crippen LogP contribution < -0.4 is 10.1 Å². The van der Waals surface area contributed by atoms with E-state index in [1.807, 2.05) is 6.07 Å². The maximum absolute atomic E-state index is 5.56. The molecule has 5 heteroatoms. The third kappa shape index (κ3) is 3.95. The summed E-state index contributed by atoms with van der Waals surface area (Å²) in [4.78, 5) is 0. The SMILES string of the molecule is COc1ccc(CNCC2COCCO2)cc1Br. The van der Waals surface area contributed by atoms with Crippen LogP contribution in [0.3, 0.4) is 0 Å². The van der Waals surface area contributed by atoms with E-state index in [1.165, 1.54) is 5.56 Å². The summed E-state index contributed by atoms with van der Waals surface area (Å²) in [6.45, 7) is 3.70. The highest BCUT2D eigenvalue weighted by Crippen LogP contribution is 2.25. The summed E-state index contributed by atoms with van der Waals surface area (Å²) in [5.74, 6) is 0.850. The lowest BCUT2D eigenvalue weighted by molar-refractivity contribution is -0.0864. The maximum atomic E-state index is 5.56. The fourth-order valence-electron chi connectivity index (χ4n) is 1.85. The summed E-state index contributed by atoms with van der Waals surface area (Å²) in [6.07, 6.45) is 0.167. The molecule has 1 N–H and O–H groups in total. The summed E-state index contributed by atoms with van der Waals surface area (Å²) >= 11 is 3.48. The van der Waals surface area contributed by atoms with Crippen LogP contribution in [0.25, 0.3) is 0 Å². The second-order valence-corrected chi connectivity index (χ2v) is 5.02. The number of hydrogen-bond acceptors (Lipinski definition) is 4. The second-order valence-electron chi connectivity index (χ2n) is 4.17. The van der Waals surface area contributed by atoms with E-state index in [2.05, 4.69) is 33.4 Å². The van der Waals surface area contributed by atoms with Crippen molar-refractivity contribution in [3.63, 3.8) is 0 Å². The first-order chi connectivity index (χ1) is 8.79. The number of halogens is 1. The fraction of sp³-hybridized carbons (Fsp3) is 0.538. The molecular formula is C13H18BrNO3. The van der Waals surface area contributed by atoms with E-state index in [0.29, 0.717) is 19.8 Å². The zero-order chi connectivity index (χ0) is 12.8. The molecule has 1 aliphatic rings. The molecule has 1 saturated heterocycles. The van der Waals surface area contributed by atoms with Gasteiger partial charge in [0.25, 0.3) is 0 Å². The van der Waals surface area contributed by atoms with Crippen LogP contribution in [0.15, 0.2) is 22.7 Å². The summed E-state index contributed by atoms with van der Waals surface area (Å²) in [7, 11) is 1.67. The first-order valence-electron chi connectivity index (χ1n) is 6.02. The summed E-state index contributed by atoms with van der Waals surface area (Å²) < 4.78 is 17.1. The molecule has 1 atom stereocenters. The monoisotopic (exact) mass is 315 g/mol. The van der Waals surface area contributed by atoms with Crippen LogP contribution in [0.1, 0.15) is 5.56 Å². The molecule has 1 heterocycles.